The summed E-state index contributed by atoms with van der Waals surface area (Å²) in [4.78, 5) is 11.9. The smallest absolute Gasteiger partial charge is 0.224 e. The first-order valence-corrected chi connectivity index (χ1v) is 8.13. The van der Waals surface area contributed by atoms with Gasteiger partial charge in [-0.25, -0.2) is 0 Å². The summed E-state index contributed by atoms with van der Waals surface area (Å²) in [6.45, 7) is 3.73. The molecule has 118 valence electrons. The monoisotopic (exact) mass is 299 g/mol. The number of amides is 1. The van der Waals surface area contributed by atoms with E-state index in [0.717, 1.165) is 35.9 Å². The third kappa shape index (κ3) is 5.35. The molecule has 0 saturated carbocycles. The fourth-order valence-corrected chi connectivity index (χ4v) is 2.53. The Morgan fingerprint density at radius 1 is 1.18 bits per heavy atom. The second kappa shape index (κ2) is 9.03. The maximum absolute atomic E-state index is 11.9. The molecule has 0 bridgehead atoms. The van der Waals surface area contributed by atoms with E-state index in [1.54, 1.807) is 6.20 Å². The van der Waals surface area contributed by atoms with Gasteiger partial charge in [0.1, 0.15) is 0 Å². The number of benzene rings is 1. The van der Waals surface area contributed by atoms with Crippen molar-refractivity contribution in [1.82, 2.24) is 10.2 Å². The molecule has 0 aliphatic carbocycles. The average Bonchev–Trinajstić information content (AvgIpc) is 2.97. The predicted octanol–water partition coefficient (Wildman–Crippen LogP) is 4.81. The third-order valence-corrected chi connectivity index (χ3v) is 3.79. The second-order valence-electron chi connectivity index (χ2n) is 5.67. The van der Waals surface area contributed by atoms with E-state index in [1.165, 1.54) is 25.7 Å². The van der Waals surface area contributed by atoms with Crippen LogP contribution in [-0.4, -0.2) is 16.1 Å². The van der Waals surface area contributed by atoms with Crippen LogP contribution < -0.4 is 5.32 Å². The van der Waals surface area contributed by atoms with Crippen molar-refractivity contribution in [3.8, 4) is 0 Å². The fourth-order valence-electron chi connectivity index (χ4n) is 2.53. The highest BCUT2D eigenvalue weighted by Gasteiger charge is 2.03. The Balaban J connectivity index is 1.60. The number of rotatable bonds is 10. The van der Waals surface area contributed by atoms with Crippen molar-refractivity contribution < 1.29 is 4.79 Å². The van der Waals surface area contributed by atoms with Crippen LogP contribution in [0, 0.1) is 0 Å². The first-order valence-electron chi connectivity index (χ1n) is 8.13. The molecule has 1 aromatic carbocycles. The molecule has 1 aromatic heterocycles. The number of carbonyl (C=O) groups is 1. The molecule has 1 heterocycles. The van der Waals surface area contributed by atoms with Gasteiger partial charge in [0.05, 0.1) is 11.7 Å². The van der Waals surface area contributed by atoms with Crippen LogP contribution >= 0.6 is 0 Å². The number of anilines is 1. The molecule has 0 fully saturated rings. The Kier molecular flexibility index (Phi) is 6.68. The Bertz CT molecular complexity index is 603. The van der Waals surface area contributed by atoms with Crippen molar-refractivity contribution in [2.24, 2.45) is 0 Å². The molecule has 0 aliphatic rings. The van der Waals surface area contributed by atoms with Gasteiger partial charge in [-0.1, -0.05) is 31.8 Å². The fraction of sp³-hybridized carbons (Fsp3) is 0.444. The summed E-state index contributed by atoms with van der Waals surface area (Å²) in [6, 6.07) is 5.77. The lowest BCUT2D eigenvalue weighted by molar-refractivity contribution is -0.116. The number of hydrogen-bond acceptors (Lipinski definition) is 2. The summed E-state index contributed by atoms with van der Waals surface area (Å²) >= 11 is 0. The quantitative estimate of drug-likeness (QED) is 0.488. The summed E-state index contributed by atoms with van der Waals surface area (Å²) in [5.41, 5.74) is 1.82. The number of allylic oxidation sites excluding steroid dienone is 1. The molecule has 1 amide bonds. The van der Waals surface area contributed by atoms with Crippen molar-refractivity contribution in [3.05, 3.63) is 37.1 Å². The van der Waals surface area contributed by atoms with Gasteiger partial charge in [-0.05, 0) is 37.5 Å². The van der Waals surface area contributed by atoms with Crippen LogP contribution in [0.4, 0.5) is 5.69 Å². The second-order valence-corrected chi connectivity index (χ2v) is 5.67. The van der Waals surface area contributed by atoms with Crippen LogP contribution in [0.5, 0.6) is 0 Å². The highest BCUT2D eigenvalue weighted by atomic mass is 16.1. The summed E-state index contributed by atoms with van der Waals surface area (Å²) in [7, 11) is 0. The number of unbranched alkanes of at least 4 members (excludes halogenated alkanes) is 6. The van der Waals surface area contributed by atoms with Gasteiger partial charge in [0, 0.05) is 17.5 Å². The van der Waals surface area contributed by atoms with Gasteiger partial charge < -0.3 is 5.32 Å². The molecule has 2 rings (SSSR count). The molecule has 4 heteroatoms. The summed E-state index contributed by atoms with van der Waals surface area (Å²) in [5.74, 6) is 0.0921. The average molecular weight is 299 g/mol. The zero-order valence-electron chi connectivity index (χ0n) is 13.1. The van der Waals surface area contributed by atoms with Gasteiger partial charge in [-0.2, -0.15) is 5.10 Å². The Morgan fingerprint density at radius 3 is 2.77 bits per heavy atom. The Morgan fingerprint density at radius 2 is 1.95 bits per heavy atom. The van der Waals surface area contributed by atoms with Crippen molar-refractivity contribution in [1.29, 1.82) is 0 Å². The van der Waals surface area contributed by atoms with Crippen molar-refractivity contribution >= 4 is 22.5 Å². The molecular weight excluding hydrogens is 274 g/mol. The van der Waals surface area contributed by atoms with E-state index in [2.05, 4.69) is 22.1 Å². The minimum Gasteiger partial charge on any atom is -0.326 e. The maximum Gasteiger partial charge on any atom is 0.224 e. The van der Waals surface area contributed by atoms with Crippen LogP contribution in [0.3, 0.4) is 0 Å². The Labute approximate surface area is 132 Å². The molecule has 22 heavy (non-hydrogen) atoms. The van der Waals surface area contributed by atoms with E-state index in [-0.39, 0.29) is 5.91 Å². The standard InChI is InChI=1S/C18H25N3O/c1-2-3-4-5-6-7-8-9-10-18(22)20-16-11-12-17-15(13-16)14-19-21-17/h2,11-14H,1,3-10H2,(H,19,21)(H,20,22). The maximum atomic E-state index is 11.9. The van der Waals surface area contributed by atoms with Crippen LogP contribution in [0.25, 0.3) is 10.9 Å². The van der Waals surface area contributed by atoms with E-state index >= 15 is 0 Å². The minimum atomic E-state index is 0.0921. The number of aromatic amines is 1. The molecule has 4 nitrogen and oxygen atoms in total. The zero-order chi connectivity index (χ0) is 15.6. The molecule has 2 N–H and O–H groups in total. The number of carbonyl (C=O) groups excluding carboxylic acids is 1. The van der Waals surface area contributed by atoms with E-state index in [1.807, 2.05) is 24.3 Å². The molecule has 0 unspecified atom stereocenters. The van der Waals surface area contributed by atoms with Gasteiger partial charge in [-0.15, -0.1) is 6.58 Å². The van der Waals surface area contributed by atoms with Gasteiger partial charge in [0.2, 0.25) is 5.91 Å². The van der Waals surface area contributed by atoms with Crippen LogP contribution in [0.2, 0.25) is 0 Å². The van der Waals surface area contributed by atoms with Crippen LogP contribution in [0.15, 0.2) is 37.1 Å². The van der Waals surface area contributed by atoms with Gasteiger partial charge in [-0.3, -0.25) is 9.89 Å². The molecule has 0 radical (unpaired) electrons. The number of nitrogens with one attached hydrogen (secondary N) is 2. The van der Waals surface area contributed by atoms with Gasteiger partial charge >= 0.3 is 0 Å². The SMILES string of the molecule is C=CCCCCCCCCC(=O)Nc1ccc2[nH]ncc2c1. The Hall–Kier alpha value is -2.10. The lowest BCUT2D eigenvalue weighted by atomic mass is 10.1. The lowest BCUT2D eigenvalue weighted by Gasteiger charge is -2.05. The number of aromatic nitrogens is 2. The topological polar surface area (TPSA) is 57.8 Å². The summed E-state index contributed by atoms with van der Waals surface area (Å²) < 4.78 is 0. The first kappa shape index (κ1) is 16.3. The molecule has 0 atom stereocenters. The summed E-state index contributed by atoms with van der Waals surface area (Å²) in [5, 5.41) is 10.8. The lowest BCUT2D eigenvalue weighted by Crippen LogP contribution is -2.10. The molecule has 0 spiro atoms. The van der Waals surface area contributed by atoms with Crippen LogP contribution in [0.1, 0.15) is 51.4 Å². The number of nitrogens with zero attached hydrogens (tertiary/aromatic N) is 1. The number of H-pyrrole nitrogens is 1. The molecule has 2 aromatic rings. The van der Waals surface area contributed by atoms with Crippen LogP contribution in [-0.2, 0) is 4.79 Å². The largest absolute Gasteiger partial charge is 0.326 e. The van der Waals surface area contributed by atoms with Crippen molar-refractivity contribution in [2.75, 3.05) is 5.32 Å². The molecule has 0 saturated heterocycles. The third-order valence-electron chi connectivity index (χ3n) is 3.79. The van der Waals surface area contributed by atoms with E-state index < -0.39 is 0 Å². The summed E-state index contributed by atoms with van der Waals surface area (Å²) in [6.07, 6.45) is 12.5. The first-order chi connectivity index (χ1) is 10.8. The van der Waals surface area contributed by atoms with Crippen molar-refractivity contribution in [2.45, 2.75) is 51.4 Å². The van der Waals surface area contributed by atoms with E-state index in [0.29, 0.717) is 6.42 Å². The highest BCUT2D eigenvalue weighted by Crippen LogP contribution is 2.17. The normalized spacial score (nSPS) is 10.7. The highest BCUT2D eigenvalue weighted by molar-refractivity contribution is 5.93. The number of fused-ring (bicyclic) bond motifs is 1. The zero-order valence-corrected chi connectivity index (χ0v) is 13.1. The van der Waals surface area contributed by atoms with Gasteiger partial charge in [0.25, 0.3) is 0 Å². The minimum absolute atomic E-state index is 0.0921. The predicted molar refractivity (Wildman–Crippen MR) is 91.9 cm³/mol. The van der Waals surface area contributed by atoms with E-state index in [4.69, 9.17) is 0 Å². The molecular formula is C18H25N3O. The number of hydrogen-bond donors (Lipinski definition) is 2. The van der Waals surface area contributed by atoms with Crippen molar-refractivity contribution in [3.63, 3.8) is 0 Å². The van der Waals surface area contributed by atoms with E-state index in [9.17, 15) is 4.79 Å². The molecule has 0 aliphatic heterocycles. The van der Waals surface area contributed by atoms with Gasteiger partial charge in [0.15, 0.2) is 0 Å².